The molecule has 48 valence electrons. The highest BCUT2D eigenvalue weighted by molar-refractivity contribution is 5.76. The molecule has 0 aliphatic rings. The van der Waals surface area contributed by atoms with Crippen LogP contribution in [0.4, 0.5) is 8.78 Å². The van der Waals surface area contributed by atoms with Crippen molar-refractivity contribution in [1.82, 2.24) is 0 Å². The van der Waals surface area contributed by atoms with Crippen molar-refractivity contribution in [2.75, 3.05) is 0 Å². The maximum absolute atomic E-state index is 11.2. The van der Waals surface area contributed by atoms with Gasteiger partial charge in [0.05, 0.1) is 5.84 Å². The second-order valence-electron chi connectivity index (χ2n) is 1.45. The second kappa shape index (κ2) is 3.35. The Morgan fingerprint density at radius 2 is 2.12 bits per heavy atom. The van der Waals surface area contributed by atoms with Crippen LogP contribution in [0.5, 0.6) is 0 Å². The van der Waals surface area contributed by atoms with Gasteiger partial charge in [-0.1, -0.05) is 0 Å². The molecule has 0 unspecified atom stereocenters. The maximum Gasteiger partial charge on any atom is 0.239 e. The fraction of sp³-hybridized carbons (Fsp3) is 0.750. The first-order chi connectivity index (χ1) is 3.63. The summed E-state index contributed by atoms with van der Waals surface area (Å²) in [5.41, 5.74) is 4.79. The molecule has 0 fully saturated rings. The average molecular weight is 122 g/mol. The van der Waals surface area contributed by atoms with E-state index in [-0.39, 0.29) is 18.7 Å². The normalized spacial score (nSPS) is 9.88. The van der Waals surface area contributed by atoms with Crippen molar-refractivity contribution in [2.24, 2.45) is 5.73 Å². The highest BCUT2D eigenvalue weighted by Crippen LogP contribution is 2.00. The third-order valence-corrected chi connectivity index (χ3v) is 0.632. The summed E-state index contributed by atoms with van der Waals surface area (Å²) in [6.45, 7) is 0. The molecule has 0 atom stereocenters. The monoisotopic (exact) mass is 122 g/mol. The fourth-order valence-electron chi connectivity index (χ4n) is 0.265. The van der Waals surface area contributed by atoms with Crippen molar-refractivity contribution in [3.63, 3.8) is 0 Å². The molecule has 0 spiro atoms. The van der Waals surface area contributed by atoms with Crippen LogP contribution in [0.3, 0.4) is 0 Å². The molecule has 0 aromatic carbocycles. The van der Waals surface area contributed by atoms with Gasteiger partial charge in [-0.3, -0.25) is 5.41 Å². The van der Waals surface area contributed by atoms with Gasteiger partial charge in [0.1, 0.15) is 0 Å². The zero-order chi connectivity index (χ0) is 6.57. The van der Waals surface area contributed by atoms with Crippen LogP contribution >= 0.6 is 0 Å². The van der Waals surface area contributed by atoms with E-state index in [1.807, 2.05) is 0 Å². The predicted molar refractivity (Wildman–Crippen MR) is 27.2 cm³/mol. The van der Waals surface area contributed by atoms with Gasteiger partial charge in [0, 0.05) is 12.8 Å². The van der Waals surface area contributed by atoms with E-state index >= 15 is 0 Å². The van der Waals surface area contributed by atoms with E-state index in [4.69, 9.17) is 11.1 Å². The molecular weight excluding hydrogens is 114 g/mol. The van der Waals surface area contributed by atoms with Crippen LogP contribution < -0.4 is 5.73 Å². The lowest BCUT2D eigenvalue weighted by Gasteiger charge is -1.94. The Morgan fingerprint density at radius 3 is 2.25 bits per heavy atom. The molecule has 8 heavy (non-hydrogen) atoms. The van der Waals surface area contributed by atoms with E-state index in [0.29, 0.717) is 0 Å². The predicted octanol–water partition coefficient (Wildman–Crippen LogP) is 0.968. The molecule has 0 rings (SSSR count). The molecule has 0 aromatic rings. The summed E-state index contributed by atoms with van der Waals surface area (Å²) in [7, 11) is 0. The van der Waals surface area contributed by atoms with Gasteiger partial charge in [-0.2, -0.15) is 0 Å². The zero-order valence-electron chi connectivity index (χ0n) is 4.32. The van der Waals surface area contributed by atoms with Gasteiger partial charge in [0.2, 0.25) is 6.43 Å². The Kier molecular flexibility index (Phi) is 3.07. The summed E-state index contributed by atoms with van der Waals surface area (Å²) in [5.74, 6) is -0.176. The summed E-state index contributed by atoms with van der Waals surface area (Å²) >= 11 is 0. The van der Waals surface area contributed by atoms with Crippen molar-refractivity contribution in [1.29, 1.82) is 5.41 Å². The molecule has 0 saturated carbocycles. The molecular formula is C4H8F2N2. The molecule has 0 bridgehead atoms. The number of hydrogen-bond acceptors (Lipinski definition) is 1. The minimum absolute atomic E-state index is 0.00231. The molecule has 3 N–H and O–H groups in total. The van der Waals surface area contributed by atoms with Gasteiger partial charge in [0.25, 0.3) is 0 Å². The van der Waals surface area contributed by atoms with Gasteiger partial charge in [0.15, 0.2) is 0 Å². The van der Waals surface area contributed by atoms with E-state index in [9.17, 15) is 8.78 Å². The number of halogens is 2. The second-order valence-corrected chi connectivity index (χ2v) is 1.45. The van der Waals surface area contributed by atoms with Gasteiger partial charge >= 0.3 is 0 Å². The quantitative estimate of drug-likeness (QED) is 0.425. The summed E-state index contributed by atoms with van der Waals surface area (Å²) < 4.78 is 22.5. The highest BCUT2D eigenvalue weighted by Gasteiger charge is 2.01. The first-order valence-corrected chi connectivity index (χ1v) is 2.24. The zero-order valence-corrected chi connectivity index (χ0v) is 4.32. The van der Waals surface area contributed by atoms with Crippen molar-refractivity contribution in [3.8, 4) is 0 Å². The van der Waals surface area contributed by atoms with E-state index < -0.39 is 6.43 Å². The SMILES string of the molecule is N=C(N)CCC(F)F. The average Bonchev–Trinajstić information content (AvgIpc) is 1.61. The van der Waals surface area contributed by atoms with Crippen LogP contribution in [0.2, 0.25) is 0 Å². The molecule has 2 nitrogen and oxygen atoms in total. The largest absolute Gasteiger partial charge is 0.388 e. The van der Waals surface area contributed by atoms with Gasteiger partial charge in [-0.05, 0) is 0 Å². The molecule has 0 radical (unpaired) electrons. The van der Waals surface area contributed by atoms with Crippen LogP contribution in [0.15, 0.2) is 0 Å². The molecule has 0 amide bonds. The van der Waals surface area contributed by atoms with Crippen LogP contribution in [0.25, 0.3) is 0 Å². The topological polar surface area (TPSA) is 49.9 Å². The Bertz CT molecular complexity index is 82.1. The third kappa shape index (κ3) is 5.33. The summed E-state index contributed by atoms with van der Waals surface area (Å²) in [6.07, 6.45) is -2.63. The molecule has 0 heterocycles. The minimum Gasteiger partial charge on any atom is -0.388 e. The Morgan fingerprint density at radius 1 is 1.62 bits per heavy atom. The lowest BCUT2D eigenvalue weighted by molar-refractivity contribution is 0.140. The molecule has 0 aliphatic carbocycles. The van der Waals surface area contributed by atoms with Gasteiger partial charge < -0.3 is 5.73 Å². The van der Waals surface area contributed by atoms with Crippen molar-refractivity contribution >= 4 is 5.84 Å². The van der Waals surface area contributed by atoms with Crippen LogP contribution in [0, 0.1) is 5.41 Å². The molecule has 0 aliphatic heterocycles. The highest BCUT2D eigenvalue weighted by atomic mass is 19.3. The summed E-state index contributed by atoms with van der Waals surface area (Å²) in [6, 6.07) is 0. The first-order valence-electron chi connectivity index (χ1n) is 2.24. The molecule has 0 saturated heterocycles. The minimum atomic E-state index is -2.33. The van der Waals surface area contributed by atoms with Crippen molar-refractivity contribution in [3.05, 3.63) is 0 Å². The van der Waals surface area contributed by atoms with Crippen LogP contribution in [-0.2, 0) is 0 Å². The smallest absolute Gasteiger partial charge is 0.239 e. The Balaban J connectivity index is 3.05. The summed E-state index contributed by atoms with van der Waals surface area (Å²) in [5, 5.41) is 6.53. The van der Waals surface area contributed by atoms with E-state index in [1.165, 1.54) is 0 Å². The third-order valence-electron chi connectivity index (χ3n) is 0.632. The number of amidine groups is 1. The van der Waals surface area contributed by atoms with Crippen molar-refractivity contribution in [2.45, 2.75) is 19.3 Å². The van der Waals surface area contributed by atoms with Crippen LogP contribution in [-0.4, -0.2) is 12.3 Å². The number of nitrogens with two attached hydrogens (primary N) is 1. The van der Waals surface area contributed by atoms with Gasteiger partial charge in [-0.25, -0.2) is 8.78 Å². The van der Waals surface area contributed by atoms with E-state index in [1.54, 1.807) is 0 Å². The lowest BCUT2D eigenvalue weighted by atomic mass is 10.3. The van der Waals surface area contributed by atoms with Gasteiger partial charge in [-0.15, -0.1) is 0 Å². The Labute approximate surface area is 46.2 Å². The lowest BCUT2D eigenvalue weighted by Crippen LogP contribution is -2.10. The number of nitrogens with one attached hydrogen (secondary N) is 1. The fourth-order valence-corrected chi connectivity index (χ4v) is 0.265. The number of rotatable bonds is 3. The standard InChI is InChI=1S/C4H8F2N2/c5-3(6)1-2-4(7)8/h3H,1-2H2,(H3,7,8). The maximum atomic E-state index is 11.2. The molecule has 4 heteroatoms. The van der Waals surface area contributed by atoms with E-state index in [0.717, 1.165) is 0 Å². The number of alkyl halides is 2. The van der Waals surface area contributed by atoms with Crippen molar-refractivity contribution < 1.29 is 8.78 Å². The van der Waals surface area contributed by atoms with E-state index in [2.05, 4.69) is 0 Å². The Hall–Kier alpha value is -0.670. The number of hydrogen-bond donors (Lipinski definition) is 2. The summed E-state index contributed by atoms with van der Waals surface area (Å²) in [4.78, 5) is 0. The molecule has 0 aromatic heterocycles. The van der Waals surface area contributed by atoms with Crippen LogP contribution in [0.1, 0.15) is 12.8 Å². The first kappa shape index (κ1) is 7.33.